The van der Waals surface area contributed by atoms with Gasteiger partial charge >= 0.3 is 0 Å². The Bertz CT molecular complexity index is 749. The van der Waals surface area contributed by atoms with E-state index in [9.17, 15) is 9.18 Å². The molecule has 0 amide bonds. The summed E-state index contributed by atoms with van der Waals surface area (Å²) in [7, 11) is 0. The fourth-order valence-corrected chi connectivity index (χ4v) is 1.73. The van der Waals surface area contributed by atoms with Crippen molar-refractivity contribution < 1.29 is 4.39 Å². The number of halogens is 1. The van der Waals surface area contributed by atoms with E-state index in [-0.39, 0.29) is 11.1 Å². The standard InChI is InChI=1S/C12H8FN5O/c13-11-6-14-12(19)5-10(11)8-1-3-9(4-2-8)18-16-7-15-17-18/h1-7H,(H,14,19). The number of hydrogen-bond acceptors (Lipinski definition) is 4. The molecule has 3 aromatic rings. The maximum Gasteiger partial charge on any atom is 0.248 e. The van der Waals surface area contributed by atoms with Crippen molar-refractivity contribution in [3.8, 4) is 16.8 Å². The molecule has 7 heteroatoms. The van der Waals surface area contributed by atoms with Crippen molar-refractivity contribution in [2.75, 3.05) is 0 Å². The van der Waals surface area contributed by atoms with E-state index in [1.54, 1.807) is 24.3 Å². The molecular formula is C12H8FN5O. The molecule has 0 aliphatic rings. The summed E-state index contributed by atoms with van der Waals surface area (Å²) in [5.74, 6) is -0.480. The summed E-state index contributed by atoms with van der Waals surface area (Å²) < 4.78 is 13.6. The van der Waals surface area contributed by atoms with Crippen molar-refractivity contribution >= 4 is 0 Å². The minimum atomic E-state index is -0.480. The Labute approximate surface area is 106 Å². The first-order chi connectivity index (χ1) is 9.24. The maximum atomic E-state index is 13.6. The van der Waals surface area contributed by atoms with Gasteiger partial charge in [-0.15, -0.1) is 15.0 Å². The molecule has 1 N–H and O–H groups in total. The van der Waals surface area contributed by atoms with Crippen molar-refractivity contribution in [3.05, 3.63) is 59.0 Å². The van der Waals surface area contributed by atoms with Crippen LogP contribution in [0.15, 0.2) is 47.7 Å². The van der Waals surface area contributed by atoms with E-state index in [1.807, 2.05) is 0 Å². The third kappa shape index (κ3) is 2.13. The smallest absolute Gasteiger partial charge is 0.248 e. The summed E-state index contributed by atoms with van der Waals surface area (Å²) in [6.45, 7) is 0. The first-order valence-corrected chi connectivity index (χ1v) is 5.46. The summed E-state index contributed by atoms with van der Waals surface area (Å²) >= 11 is 0. The summed E-state index contributed by atoms with van der Waals surface area (Å²) in [5.41, 5.74) is 1.21. The molecule has 0 fully saturated rings. The van der Waals surface area contributed by atoms with Crippen LogP contribution in [0.1, 0.15) is 0 Å². The predicted molar refractivity (Wildman–Crippen MR) is 65.2 cm³/mol. The molecule has 0 aliphatic carbocycles. The fourth-order valence-electron chi connectivity index (χ4n) is 1.73. The maximum absolute atomic E-state index is 13.6. The summed E-state index contributed by atoms with van der Waals surface area (Å²) in [6, 6.07) is 8.04. The zero-order valence-electron chi connectivity index (χ0n) is 9.62. The van der Waals surface area contributed by atoms with E-state index >= 15 is 0 Å². The van der Waals surface area contributed by atoms with E-state index < -0.39 is 5.82 Å². The van der Waals surface area contributed by atoms with E-state index in [0.29, 0.717) is 11.3 Å². The Morgan fingerprint density at radius 2 is 2.00 bits per heavy atom. The molecule has 0 radical (unpaired) electrons. The third-order valence-corrected chi connectivity index (χ3v) is 2.63. The van der Waals surface area contributed by atoms with Crippen molar-refractivity contribution in [1.29, 1.82) is 0 Å². The molecule has 2 heterocycles. The van der Waals surface area contributed by atoms with Gasteiger partial charge in [-0.05, 0) is 22.9 Å². The van der Waals surface area contributed by atoms with Crippen molar-refractivity contribution in [2.45, 2.75) is 0 Å². The van der Waals surface area contributed by atoms with E-state index in [1.165, 1.54) is 17.2 Å². The second-order valence-corrected chi connectivity index (χ2v) is 3.83. The second kappa shape index (κ2) is 4.45. The number of H-pyrrole nitrogens is 1. The zero-order chi connectivity index (χ0) is 13.2. The van der Waals surface area contributed by atoms with Crippen LogP contribution in [0.4, 0.5) is 4.39 Å². The number of pyridine rings is 1. The molecule has 2 aromatic heterocycles. The van der Waals surface area contributed by atoms with E-state index in [0.717, 1.165) is 6.20 Å². The number of benzene rings is 1. The number of nitrogens with one attached hydrogen (secondary N) is 1. The Morgan fingerprint density at radius 1 is 1.21 bits per heavy atom. The highest BCUT2D eigenvalue weighted by Gasteiger charge is 2.06. The SMILES string of the molecule is O=c1cc(-c2ccc(-n3ncnn3)cc2)c(F)c[nH]1. The molecule has 0 saturated carbocycles. The molecule has 1 aromatic carbocycles. The van der Waals surface area contributed by atoms with Crippen LogP contribution in [0, 0.1) is 5.82 Å². The van der Waals surface area contributed by atoms with Gasteiger partial charge in [0.25, 0.3) is 0 Å². The van der Waals surface area contributed by atoms with Crippen LogP contribution in [-0.4, -0.2) is 25.2 Å². The van der Waals surface area contributed by atoms with Gasteiger partial charge in [0.15, 0.2) is 6.33 Å². The van der Waals surface area contributed by atoms with E-state index in [4.69, 9.17) is 0 Å². The third-order valence-electron chi connectivity index (χ3n) is 2.63. The van der Waals surface area contributed by atoms with Crippen LogP contribution < -0.4 is 5.56 Å². The Balaban J connectivity index is 2.03. The second-order valence-electron chi connectivity index (χ2n) is 3.83. The molecule has 0 saturated heterocycles. The quantitative estimate of drug-likeness (QED) is 0.747. The number of nitrogens with zero attached hydrogens (tertiary/aromatic N) is 4. The largest absolute Gasteiger partial charge is 0.326 e. The topological polar surface area (TPSA) is 76.5 Å². The zero-order valence-corrected chi connectivity index (χ0v) is 9.62. The lowest BCUT2D eigenvalue weighted by molar-refractivity contribution is 0.624. The average Bonchev–Trinajstić information content (AvgIpc) is 2.96. The highest BCUT2D eigenvalue weighted by Crippen LogP contribution is 2.21. The highest BCUT2D eigenvalue weighted by atomic mass is 19.1. The van der Waals surface area contributed by atoms with Gasteiger partial charge in [-0.1, -0.05) is 12.1 Å². The van der Waals surface area contributed by atoms with Gasteiger partial charge in [0.05, 0.1) is 5.69 Å². The van der Waals surface area contributed by atoms with Gasteiger partial charge in [0, 0.05) is 17.8 Å². The average molecular weight is 257 g/mol. The molecular weight excluding hydrogens is 249 g/mol. The van der Waals surface area contributed by atoms with Gasteiger partial charge < -0.3 is 4.98 Å². The number of tetrazole rings is 1. The molecule has 0 aliphatic heterocycles. The molecule has 0 unspecified atom stereocenters. The van der Waals surface area contributed by atoms with E-state index in [2.05, 4.69) is 20.4 Å². The minimum absolute atomic E-state index is 0.252. The van der Waals surface area contributed by atoms with Crippen LogP contribution in [0.25, 0.3) is 16.8 Å². The lowest BCUT2D eigenvalue weighted by Gasteiger charge is -2.04. The molecule has 0 bridgehead atoms. The minimum Gasteiger partial charge on any atom is -0.326 e. The van der Waals surface area contributed by atoms with Crippen molar-refractivity contribution in [3.63, 3.8) is 0 Å². The Kier molecular flexibility index (Phi) is 2.64. The lowest BCUT2D eigenvalue weighted by atomic mass is 10.1. The Morgan fingerprint density at radius 3 is 2.68 bits per heavy atom. The van der Waals surface area contributed by atoms with Gasteiger partial charge in [0.2, 0.25) is 5.56 Å². The van der Waals surface area contributed by atoms with Gasteiger partial charge in [-0.2, -0.15) is 0 Å². The van der Waals surface area contributed by atoms with Gasteiger partial charge in [-0.3, -0.25) is 4.79 Å². The molecule has 0 spiro atoms. The monoisotopic (exact) mass is 257 g/mol. The van der Waals surface area contributed by atoms with Crippen LogP contribution in [0.2, 0.25) is 0 Å². The normalized spacial score (nSPS) is 10.6. The predicted octanol–water partition coefficient (Wildman–Crippen LogP) is 1.16. The number of hydrogen-bond donors (Lipinski definition) is 1. The molecule has 0 atom stereocenters. The Hall–Kier alpha value is -2.83. The highest BCUT2D eigenvalue weighted by molar-refractivity contribution is 5.64. The summed E-state index contributed by atoms with van der Waals surface area (Å²) in [5, 5.41) is 11.2. The van der Waals surface area contributed by atoms with Crippen LogP contribution >= 0.6 is 0 Å². The lowest BCUT2D eigenvalue weighted by Crippen LogP contribution is -2.05. The molecule has 94 valence electrons. The van der Waals surface area contributed by atoms with Crippen LogP contribution in [0.5, 0.6) is 0 Å². The number of rotatable bonds is 2. The summed E-state index contributed by atoms with van der Waals surface area (Å²) in [4.78, 5) is 14.8. The van der Waals surface area contributed by atoms with Crippen LogP contribution in [-0.2, 0) is 0 Å². The van der Waals surface area contributed by atoms with Crippen molar-refractivity contribution in [2.24, 2.45) is 0 Å². The number of aromatic amines is 1. The number of aromatic nitrogens is 5. The fraction of sp³-hybridized carbons (Fsp3) is 0. The molecule has 3 rings (SSSR count). The van der Waals surface area contributed by atoms with Gasteiger partial charge in [0.1, 0.15) is 5.82 Å². The van der Waals surface area contributed by atoms with Crippen LogP contribution in [0.3, 0.4) is 0 Å². The molecule has 6 nitrogen and oxygen atoms in total. The first kappa shape index (κ1) is 11.3. The van der Waals surface area contributed by atoms with Gasteiger partial charge in [-0.25, -0.2) is 4.39 Å². The summed E-state index contributed by atoms with van der Waals surface area (Å²) in [6.07, 6.45) is 2.37. The van der Waals surface area contributed by atoms with Crippen molar-refractivity contribution in [1.82, 2.24) is 25.2 Å². The first-order valence-electron chi connectivity index (χ1n) is 5.46. The molecule has 19 heavy (non-hydrogen) atoms.